The average molecular weight is 734 g/mol. The van der Waals surface area contributed by atoms with Gasteiger partial charge < -0.3 is 39.6 Å². The summed E-state index contributed by atoms with van der Waals surface area (Å²) < 4.78 is 39.8. The Labute approximate surface area is 306 Å². The molecule has 0 amide bonds. The second-order valence-electron chi connectivity index (χ2n) is 13.0. The fourth-order valence-electron chi connectivity index (χ4n) is 6.65. The molecule has 0 fully saturated rings. The zero-order valence-corrected chi connectivity index (χ0v) is 29.5. The molecule has 3 aromatic carbocycles. The van der Waals surface area contributed by atoms with Gasteiger partial charge in [0.25, 0.3) is 0 Å². The van der Waals surface area contributed by atoms with Gasteiger partial charge in [-0.25, -0.2) is 9.18 Å². The highest BCUT2D eigenvalue weighted by atomic mass is 35.5. The van der Waals surface area contributed by atoms with Gasteiger partial charge in [-0.3, -0.25) is 4.79 Å². The molecule has 0 spiro atoms. The molecule has 4 N–H and O–H groups in total. The summed E-state index contributed by atoms with van der Waals surface area (Å²) in [6, 6.07) is 12.4. The van der Waals surface area contributed by atoms with Gasteiger partial charge in [-0.05, 0) is 91.1 Å². The van der Waals surface area contributed by atoms with Gasteiger partial charge in [-0.1, -0.05) is 48.0 Å². The molecule has 274 valence electrons. The maximum atomic E-state index is 15.7. The molecule has 2 aliphatic carbocycles. The largest absolute Gasteiger partial charge is 0.488 e. The van der Waals surface area contributed by atoms with E-state index in [0.717, 1.165) is 28.7 Å². The lowest BCUT2D eigenvalue weighted by atomic mass is 9.96. The molecule has 1 unspecified atom stereocenters. The van der Waals surface area contributed by atoms with Crippen LogP contribution in [0.25, 0.3) is 11.1 Å². The van der Waals surface area contributed by atoms with Gasteiger partial charge in [0.1, 0.15) is 37.4 Å². The predicted octanol–water partition coefficient (Wildman–Crippen LogP) is 6.86. The van der Waals surface area contributed by atoms with Crippen LogP contribution in [0.5, 0.6) is 23.0 Å². The van der Waals surface area contributed by atoms with Crippen LogP contribution in [0.4, 0.5) is 4.39 Å². The fraction of sp³-hybridized carbons (Fsp3) is 0.350. The maximum absolute atomic E-state index is 15.7. The highest BCUT2D eigenvalue weighted by Gasteiger charge is 2.30. The van der Waals surface area contributed by atoms with Gasteiger partial charge in [0.15, 0.2) is 17.3 Å². The number of allylic oxidation sites excluding steroid dienone is 2. The number of hydrogen-bond donors (Lipinski definition) is 4. The van der Waals surface area contributed by atoms with E-state index in [9.17, 15) is 24.9 Å². The quantitative estimate of drug-likeness (QED) is 0.139. The summed E-state index contributed by atoms with van der Waals surface area (Å²) in [5.41, 5.74) is 4.66. The van der Waals surface area contributed by atoms with Crippen molar-refractivity contribution in [2.75, 3.05) is 33.0 Å². The molecule has 12 heteroatoms. The van der Waals surface area contributed by atoms with E-state index in [1.807, 2.05) is 37.3 Å². The predicted molar refractivity (Wildman–Crippen MR) is 193 cm³/mol. The van der Waals surface area contributed by atoms with E-state index in [0.29, 0.717) is 65.7 Å². The number of hydrogen-bond acceptors (Lipinski definition) is 8. The van der Waals surface area contributed by atoms with Gasteiger partial charge in [-0.15, -0.1) is 0 Å². The summed E-state index contributed by atoms with van der Waals surface area (Å²) in [5.74, 6) is -2.18. The first kappa shape index (κ1) is 36.9. The number of carbonyl (C=O) groups is 2. The Morgan fingerprint density at radius 3 is 2.69 bits per heavy atom. The summed E-state index contributed by atoms with van der Waals surface area (Å²) in [6.45, 7) is 2.20. The van der Waals surface area contributed by atoms with Crippen LogP contribution in [-0.4, -0.2) is 66.3 Å². The number of carboxylic acid groups (broad SMARTS) is 2. The Bertz CT molecular complexity index is 1920. The number of carboxylic acids is 2. The molecule has 3 aromatic rings. The number of halogens is 2. The minimum Gasteiger partial charge on any atom is -0.488 e. The Morgan fingerprint density at radius 2 is 1.90 bits per heavy atom. The molecule has 0 saturated heterocycles. The van der Waals surface area contributed by atoms with E-state index in [4.69, 9.17) is 30.5 Å². The Hall–Kier alpha value is -4.84. The van der Waals surface area contributed by atoms with Crippen LogP contribution < -0.4 is 24.3 Å². The van der Waals surface area contributed by atoms with Crippen molar-refractivity contribution < 1.29 is 48.2 Å². The first-order valence-corrected chi connectivity index (χ1v) is 17.7. The molecule has 1 aliphatic heterocycles. The number of nitrogens with one attached hydrogen (secondary N) is 1. The molecule has 6 rings (SSSR count). The SMILES string of the molecule is CC(Cc1cc(Cl)c(O[C@H]2CCc3c(-c4ccc5c(c4F)OCCO5)cccc32)cc1OCC1=C/CC/C=C/C(C(=O)O)=C\1)NC[C@@H](CO)C(=O)O. The lowest BCUT2D eigenvalue weighted by Crippen LogP contribution is -2.37. The van der Waals surface area contributed by atoms with Crippen LogP contribution in [0.1, 0.15) is 49.0 Å². The molecular weight excluding hydrogens is 693 g/mol. The van der Waals surface area contributed by atoms with Crippen molar-refractivity contribution in [2.45, 2.75) is 51.2 Å². The van der Waals surface area contributed by atoms with E-state index in [1.54, 1.807) is 36.4 Å². The van der Waals surface area contributed by atoms with Crippen LogP contribution in [0.15, 0.2) is 77.9 Å². The fourth-order valence-corrected chi connectivity index (χ4v) is 6.88. The maximum Gasteiger partial charge on any atom is 0.335 e. The van der Waals surface area contributed by atoms with E-state index in [1.165, 1.54) is 0 Å². The summed E-state index contributed by atoms with van der Waals surface area (Å²) in [5, 5.41) is 32.0. The molecular formula is C40H41ClFNO9. The second-order valence-corrected chi connectivity index (χ2v) is 13.5. The lowest BCUT2D eigenvalue weighted by molar-refractivity contribution is -0.143. The first-order valence-electron chi connectivity index (χ1n) is 17.3. The van der Waals surface area contributed by atoms with Gasteiger partial charge in [0.05, 0.1) is 23.1 Å². The third kappa shape index (κ3) is 8.44. The molecule has 52 heavy (non-hydrogen) atoms. The average Bonchev–Trinajstić information content (AvgIpc) is 3.52. The van der Waals surface area contributed by atoms with Crippen molar-refractivity contribution in [2.24, 2.45) is 5.92 Å². The van der Waals surface area contributed by atoms with E-state index < -0.39 is 30.3 Å². The van der Waals surface area contributed by atoms with Crippen LogP contribution in [0.3, 0.4) is 0 Å². The number of aliphatic hydroxyl groups is 1. The van der Waals surface area contributed by atoms with Gasteiger partial charge in [0, 0.05) is 24.2 Å². The molecule has 1 heterocycles. The van der Waals surface area contributed by atoms with Crippen molar-refractivity contribution in [3.8, 4) is 34.1 Å². The molecule has 0 aromatic heterocycles. The second kappa shape index (κ2) is 16.7. The van der Waals surface area contributed by atoms with Crippen LogP contribution in [0, 0.1) is 11.7 Å². The molecule has 3 atom stereocenters. The molecule has 0 saturated carbocycles. The molecule has 0 radical (unpaired) electrons. The smallest absolute Gasteiger partial charge is 0.335 e. The number of fused-ring (bicyclic) bond motifs is 2. The van der Waals surface area contributed by atoms with Gasteiger partial charge in [-0.2, -0.15) is 0 Å². The summed E-state index contributed by atoms with van der Waals surface area (Å²) in [6.07, 6.45) is 9.68. The van der Waals surface area contributed by atoms with Crippen molar-refractivity contribution in [1.82, 2.24) is 5.32 Å². The van der Waals surface area contributed by atoms with Crippen LogP contribution in [-0.2, 0) is 22.4 Å². The Balaban J connectivity index is 1.27. The number of benzene rings is 3. The van der Waals surface area contributed by atoms with Crippen LogP contribution >= 0.6 is 11.6 Å². The monoisotopic (exact) mass is 733 g/mol. The van der Waals surface area contributed by atoms with Gasteiger partial charge >= 0.3 is 11.9 Å². The standard InChI is InChI=1S/C40H41ClFNO9/c1-23(43-20-27(21-44)40(47)48)16-26-18-32(41)36(19-35(26)51-22-24-6-3-2-4-7-25(17-24)39(45)46)52-33-12-10-29-28(8-5-9-30(29)33)31-11-13-34-38(37(31)42)50-15-14-49-34/h4-9,11,13,17-19,23,27,33,43-44H,2-3,10,12,14-16,20-22H2,1H3,(H,45,46)(H,47,48)/b7-4+,24-6+,25-17+/t23?,27-,33-/m0/s1. The van der Waals surface area contributed by atoms with Crippen LogP contribution in [0.2, 0.25) is 5.02 Å². The zero-order valence-electron chi connectivity index (χ0n) is 28.7. The number of aliphatic hydroxyl groups excluding tert-OH is 1. The van der Waals surface area contributed by atoms with E-state index in [-0.39, 0.29) is 43.2 Å². The van der Waals surface area contributed by atoms with Crippen molar-refractivity contribution in [3.05, 3.63) is 105 Å². The Kier molecular flexibility index (Phi) is 11.8. The highest BCUT2D eigenvalue weighted by Crippen LogP contribution is 2.45. The number of ether oxygens (including phenoxy) is 4. The van der Waals surface area contributed by atoms with E-state index >= 15 is 4.39 Å². The van der Waals surface area contributed by atoms with Crippen molar-refractivity contribution in [1.29, 1.82) is 0 Å². The lowest BCUT2D eigenvalue weighted by Gasteiger charge is -2.22. The molecule has 0 bridgehead atoms. The first-order chi connectivity index (χ1) is 25.1. The summed E-state index contributed by atoms with van der Waals surface area (Å²) in [7, 11) is 0. The molecule has 3 aliphatic rings. The van der Waals surface area contributed by atoms with E-state index in [2.05, 4.69) is 5.32 Å². The number of rotatable bonds is 14. The third-order valence-corrected chi connectivity index (χ3v) is 9.66. The van der Waals surface area contributed by atoms with Crippen molar-refractivity contribution >= 4 is 23.5 Å². The topological polar surface area (TPSA) is 144 Å². The van der Waals surface area contributed by atoms with Crippen molar-refractivity contribution in [3.63, 3.8) is 0 Å². The minimum absolute atomic E-state index is 0.0700. The number of aliphatic carboxylic acids is 2. The minimum atomic E-state index is -1.09. The normalized spacial score (nSPS) is 20.2. The summed E-state index contributed by atoms with van der Waals surface area (Å²) >= 11 is 6.86. The van der Waals surface area contributed by atoms with Gasteiger partial charge in [0.2, 0.25) is 0 Å². The third-order valence-electron chi connectivity index (χ3n) is 9.37. The zero-order chi connectivity index (χ0) is 36.8. The molecule has 10 nitrogen and oxygen atoms in total. The highest BCUT2D eigenvalue weighted by molar-refractivity contribution is 6.32. The Morgan fingerprint density at radius 1 is 1.08 bits per heavy atom. The summed E-state index contributed by atoms with van der Waals surface area (Å²) in [4.78, 5) is 23.2.